The van der Waals surface area contributed by atoms with Crippen molar-refractivity contribution in [3.63, 3.8) is 0 Å². The summed E-state index contributed by atoms with van der Waals surface area (Å²) in [5.74, 6) is 5.32. The third-order valence-electron chi connectivity index (χ3n) is 0.956. The molecule has 0 unspecified atom stereocenters. The minimum absolute atomic E-state index is 0.385. The molecule has 0 bridgehead atoms. The van der Waals surface area contributed by atoms with E-state index < -0.39 is 0 Å². The van der Waals surface area contributed by atoms with E-state index in [0.29, 0.717) is 5.84 Å². The van der Waals surface area contributed by atoms with Gasteiger partial charge in [0, 0.05) is 10.9 Å². The second-order valence-electron chi connectivity index (χ2n) is 1.53. The molecule has 0 amide bonds. The highest BCUT2D eigenvalue weighted by molar-refractivity contribution is 7.08. The third-order valence-corrected chi connectivity index (χ3v) is 1.64. The molecule has 0 aliphatic heterocycles. The van der Waals surface area contributed by atoms with Crippen LogP contribution in [0.15, 0.2) is 21.9 Å². The standard InChI is InChI=1S/C5H7N3S/c6-5(8-7)4-1-2-9-3-4/h1-3H,7H2,(H2,6,8). The average molecular weight is 141 g/mol. The van der Waals surface area contributed by atoms with Gasteiger partial charge in [-0.1, -0.05) is 0 Å². The Balaban J connectivity index is 2.90. The van der Waals surface area contributed by atoms with Crippen molar-refractivity contribution in [2.75, 3.05) is 0 Å². The molecule has 1 heterocycles. The van der Waals surface area contributed by atoms with Crippen LogP contribution in [0.3, 0.4) is 0 Å². The molecule has 0 saturated carbocycles. The van der Waals surface area contributed by atoms with E-state index in [4.69, 9.17) is 11.6 Å². The van der Waals surface area contributed by atoms with Crippen LogP contribution in [0.5, 0.6) is 0 Å². The predicted molar refractivity (Wildman–Crippen MR) is 39.2 cm³/mol. The summed E-state index contributed by atoms with van der Waals surface area (Å²) in [6, 6.07) is 1.87. The van der Waals surface area contributed by atoms with Crippen LogP contribution in [0.4, 0.5) is 0 Å². The van der Waals surface area contributed by atoms with E-state index in [1.165, 1.54) is 0 Å². The normalized spacial score (nSPS) is 11.8. The molecule has 0 radical (unpaired) electrons. The van der Waals surface area contributed by atoms with Crippen molar-refractivity contribution >= 4 is 17.2 Å². The maximum absolute atomic E-state index is 5.37. The molecule has 0 aromatic carbocycles. The van der Waals surface area contributed by atoms with Crippen LogP contribution in [-0.4, -0.2) is 5.84 Å². The van der Waals surface area contributed by atoms with Crippen molar-refractivity contribution in [1.29, 1.82) is 0 Å². The van der Waals surface area contributed by atoms with Crippen LogP contribution in [0.2, 0.25) is 0 Å². The lowest BCUT2D eigenvalue weighted by Gasteiger charge is -1.89. The molecule has 0 atom stereocenters. The number of hydrogen-bond donors (Lipinski definition) is 2. The van der Waals surface area contributed by atoms with E-state index in [1.807, 2.05) is 16.8 Å². The second kappa shape index (κ2) is 2.50. The molecule has 0 aliphatic carbocycles. The third kappa shape index (κ3) is 1.20. The number of nitrogens with zero attached hydrogens (tertiary/aromatic N) is 1. The smallest absolute Gasteiger partial charge is 0.151 e. The number of nitrogens with two attached hydrogens (primary N) is 2. The summed E-state index contributed by atoms with van der Waals surface area (Å²) in [6.07, 6.45) is 0. The Labute approximate surface area is 57.0 Å². The second-order valence-corrected chi connectivity index (χ2v) is 2.31. The van der Waals surface area contributed by atoms with E-state index >= 15 is 0 Å². The average Bonchev–Trinajstić information content (AvgIpc) is 2.37. The molecule has 4 N–H and O–H groups in total. The largest absolute Gasteiger partial charge is 0.382 e. The highest BCUT2D eigenvalue weighted by atomic mass is 32.1. The van der Waals surface area contributed by atoms with Crippen LogP contribution in [0.25, 0.3) is 0 Å². The predicted octanol–water partition coefficient (Wildman–Crippen LogP) is 0.327. The Kier molecular flexibility index (Phi) is 1.69. The first-order chi connectivity index (χ1) is 4.34. The van der Waals surface area contributed by atoms with Crippen LogP contribution < -0.4 is 11.6 Å². The molecule has 0 spiro atoms. The monoisotopic (exact) mass is 141 g/mol. The molecule has 3 nitrogen and oxygen atoms in total. The van der Waals surface area contributed by atoms with Crippen LogP contribution in [-0.2, 0) is 0 Å². The zero-order chi connectivity index (χ0) is 6.69. The van der Waals surface area contributed by atoms with Gasteiger partial charge in [-0.15, -0.1) is 0 Å². The highest BCUT2D eigenvalue weighted by Gasteiger charge is 1.94. The van der Waals surface area contributed by atoms with Gasteiger partial charge < -0.3 is 11.6 Å². The Morgan fingerprint density at radius 3 is 2.89 bits per heavy atom. The van der Waals surface area contributed by atoms with Gasteiger partial charge in [0.1, 0.15) is 0 Å². The van der Waals surface area contributed by atoms with Crippen molar-refractivity contribution in [2.45, 2.75) is 0 Å². The van der Waals surface area contributed by atoms with Crippen LogP contribution in [0.1, 0.15) is 5.56 Å². The quantitative estimate of drug-likeness (QED) is 0.256. The van der Waals surface area contributed by atoms with Gasteiger partial charge in [0.05, 0.1) is 0 Å². The molecule has 9 heavy (non-hydrogen) atoms. The van der Waals surface area contributed by atoms with Gasteiger partial charge in [0.2, 0.25) is 0 Å². The Morgan fingerprint density at radius 1 is 1.67 bits per heavy atom. The molecule has 48 valence electrons. The zero-order valence-electron chi connectivity index (χ0n) is 4.74. The van der Waals surface area contributed by atoms with E-state index in [2.05, 4.69) is 5.10 Å². The van der Waals surface area contributed by atoms with Gasteiger partial charge in [-0.25, -0.2) is 0 Å². The van der Waals surface area contributed by atoms with E-state index in [-0.39, 0.29) is 0 Å². The molecule has 1 aromatic rings. The fourth-order valence-electron chi connectivity index (χ4n) is 0.485. The fourth-order valence-corrected chi connectivity index (χ4v) is 1.13. The number of rotatable bonds is 1. The first kappa shape index (κ1) is 6.10. The summed E-state index contributed by atoms with van der Waals surface area (Å²) < 4.78 is 0. The maximum Gasteiger partial charge on any atom is 0.151 e. The first-order valence-corrected chi connectivity index (χ1v) is 3.35. The van der Waals surface area contributed by atoms with Gasteiger partial charge in [-0.3, -0.25) is 0 Å². The molecule has 0 fully saturated rings. The van der Waals surface area contributed by atoms with Crippen molar-refractivity contribution in [3.8, 4) is 0 Å². The van der Waals surface area contributed by atoms with Crippen molar-refractivity contribution in [1.82, 2.24) is 0 Å². The molecule has 0 saturated heterocycles. The summed E-state index contributed by atoms with van der Waals surface area (Å²) in [5, 5.41) is 7.15. The van der Waals surface area contributed by atoms with Crippen molar-refractivity contribution < 1.29 is 0 Å². The van der Waals surface area contributed by atoms with Crippen molar-refractivity contribution in [3.05, 3.63) is 22.4 Å². The molecule has 1 aromatic heterocycles. The van der Waals surface area contributed by atoms with E-state index in [0.717, 1.165) is 5.56 Å². The molecule has 1 rings (SSSR count). The summed E-state index contributed by atoms with van der Waals surface area (Å²) in [7, 11) is 0. The Hall–Kier alpha value is -1.03. The summed E-state index contributed by atoms with van der Waals surface area (Å²) in [4.78, 5) is 0. The van der Waals surface area contributed by atoms with E-state index in [9.17, 15) is 0 Å². The minimum atomic E-state index is 0.385. The van der Waals surface area contributed by atoms with Gasteiger partial charge in [0.25, 0.3) is 0 Å². The zero-order valence-corrected chi connectivity index (χ0v) is 5.56. The van der Waals surface area contributed by atoms with Gasteiger partial charge in [-0.2, -0.15) is 16.4 Å². The number of hydrogen-bond acceptors (Lipinski definition) is 3. The minimum Gasteiger partial charge on any atom is -0.382 e. The summed E-state index contributed by atoms with van der Waals surface area (Å²) in [5.41, 5.74) is 6.26. The van der Waals surface area contributed by atoms with Crippen LogP contribution >= 0.6 is 11.3 Å². The van der Waals surface area contributed by atoms with Gasteiger partial charge >= 0.3 is 0 Å². The Morgan fingerprint density at radius 2 is 2.44 bits per heavy atom. The summed E-state index contributed by atoms with van der Waals surface area (Å²) >= 11 is 1.57. The van der Waals surface area contributed by atoms with Gasteiger partial charge in [-0.05, 0) is 11.4 Å². The number of amidine groups is 1. The van der Waals surface area contributed by atoms with E-state index in [1.54, 1.807) is 11.3 Å². The SMILES string of the molecule is NN=C(N)c1ccsc1. The van der Waals surface area contributed by atoms with Crippen molar-refractivity contribution in [2.24, 2.45) is 16.7 Å². The highest BCUT2D eigenvalue weighted by Crippen LogP contribution is 2.03. The van der Waals surface area contributed by atoms with Gasteiger partial charge in [0.15, 0.2) is 5.84 Å². The Bertz CT molecular complexity index is 202. The lowest BCUT2D eigenvalue weighted by molar-refractivity contribution is 1.23. The molecule has 0 aliphatic rings. The molecule has 4 heteroatoms. The topological polar surface area (TPSA) is 64.4 Å². The number of hydrazone groups is 1. The van der Waals surface area contributed by atoms with Crippen LogP contribution in [0, 0.1) is 0 Å². The maximum atomic E-state index is 5.37. The lowest BCUT2D eigenvalue weighted by atomic mass is 10.3. The summed E-state index contributed by atoms with van der Waals surface area (Å²) in [6.45, 7) is 0. The first-order valence-electron chi connectivity index (χ1n) is 2.40. The fraction of sp³-hybridized carbons (Fsp3) is 0. The lowest BCUT2D eigenvalue weighted by Crippen LogP contribution is -2.14. The molecular formula is C5H7N3S. The number of thiophene rings is 1. The molecular weight excluding hydrogens is 134 g/mol.